The first-order valence-electron chi connectivity index (χ1n) is 10.7. The highest BCUT2D eigenvalue weighted by Crippen LogP contribution is 2.40. The monoisotopic (exact) mass is 449 g/mol. The van der Waals surface area contributed by atoms with Gasteiger partial charge in [0.2, 0.25) is 0 Å². The van der Waals surface area contributed by atoms with Gasteiger partial charge in [0.05, 0.1) is 30.4 Å². The molecule has 1 unspecified atom stereocenters. The van der Waals surface area contributed by atoms with Gasteiger partial charge in [-0.2, -0.15) is 13.2 Å². The first kappa shape index (κ1) is 22.5. The maximum atomic E-state index is 13.8. The Morgan fingerprint density at radius 1 is 1.28 bits per heavy atom. The van der Waals surface area contributed by atoms with Crippen molar-refractivity contribution >= 4 is 11.1 Å². The van der Waals surface area contributed by atoms with Crippen molar-refractivity contribution in [3.8, 4) is 5.75 Å². The maximum absolute atomic E-state index is 13.8. The Hall–Kier alpha value is -2.65. The number of aliphatic hydroxyl groups excluding tert-OH is 1. The summed E-state index contributed by atoms with van der Waals surface area (Å²) in [5, 5.41) is 13.6. The van der Waals surface area contributed by atoms with E-state index in [0.29, 0.717) is 42.2 Å². The first-order chi connectivity index (χ1) is 15.3. The Labute approximate surface area is 184 Å². The van der Waals surface area contributed by atoms with Gasteiger partial charge in [-0.25, -0.2) is 4.98 Å². The van der Waals surface area contributed by atoms with E-state index in [-0.39, 0.29) is 23.6 Å². The van der Waals surface area contributed by atoms with Crippen molar-refractivity contribution in [2.75, 3.05) is 20.2 Å². The van der Waals surface area contributed by atoms with Gasteiger partial charge in [0.15, 0.2) is 0 Å². The number of aryl methyl sites for hydroxylation is 1. The molecule has 1 aliphatic heterocycles. The number of methoxy groups -OCH3 is 1. The number of alkyl halides is 3. The van der Waals surface area contributed by atoms with E-state index >= 15 is 0 Å². The molecule has 1 atom stereocenters. The molecular weight excluding hydrogens is 423 g/mol. The molecule has 0 spiro atoms. The SMILES string of the molecule is CCc1cc(C(F)(F)F)c2c(C3CCCN(Cc4ccc(OC)c(CO)c4)C3)noc2n1. The van der Waals surface area contributed by atoms with Crippen LogP contribution in [-0.4, -0.2) is 40.3 Å². The zero-order chi connectivity index (χ0) is 22.9. The molecule has 2 aromatic heterocycles. The minimum atomic E-state index is -4.51. The third-order valence-corrected chi connectivity index (χ3v) is 6.01. The number of aliphatic hydroxyl groups is 1. The summed E-state index contributed by atoms with van der Waals surface area (Å²) >= 11 is 0. The van der Waals surface area contributed by atoms with Crippen LogP contribution in [0.1, 0.15) is 53.8 Å². The Morgan fingerprint density at radius 3 is 2.78 bits per heavy atom. The van der Waals surface area contributed by atoms with Crippen LogP contribution in [0.4, 0.5) is 13.2 Å². The molecule has 1 saturated heterocycles. The largest absolute Gasteiger partial charge is 0.496 e. The predicted molar refractivity (Wildman–Crippen MR) is 112 cm³/mol. The molecule has 0 amide bonds. The lowest BCUT2D eigenvalue weighted by atomic mass is 9.91. The molecule has 9 heteroatoms. The fraction of sp³-hybridized carbons (Fsp3) is 0.478. The number of nitrogens with zero attached hydrogens (tertiary/aromatic N) is 3. The van der Waals surface area contributed by atoms with Gasteiger partial charge < -0.3 is 14.4 Å². The molecule has 0 radical (unpaired) electrons. The molecule has 3 aromatic rings. The summed E-state index contributed by atoms with van der Waals surface area (Å²) in [7, 11) is 1.55. The summed E-state index contributed by atoms with van der Waals surface area (Å²) in [6.45, 7) is 3.64. The van der Waals surface area contributed by atoms with Gasteiger partial charge in [0.1, 0.15) is 5.75 Å². The standard InChI is InChI=1S/C23H26F3N3O3/c1-3-17-10-18(23(24,25)26)20-21(28-32-22(20)27-17)15-5-4-8-29(12-15)11-14-6-7-19(31-2)16(9-14)13-30/h6-7,9-10,15,30H,3-5,8,11-13H2,1-2H3. The molecular formula is C23H26F3N3O3. The van der Waals surface area contributed by atoms with E-state index in [1.807, 2.05) is 18.2 Å². The minimum Gasteiger partial charge on any atom is -0.496 e. The highest BCUT2D eigenvalue weighted by Gasteiger charge is 2.38. The van der Waals surface area contributed by atoms with Crippen molar-refractivity contribution in [2.45, 2.75) is 51.4 Å². The van der Waals surface area contributed by atoms with Gasteiger partial charge in [0.25, 0.3) is 5.71 Å². The smallest absolute Gasteiger partial charge is 0.417 e. The van der Waals surface area contributed by atoms with Crippen LogP contribution in [0.3, 0.4) is 0 Å². The average molecular weight is 449 g/mol. The second kappa shape index (κ2) is 9.07. The Bertz CT molecular complexity index is 1100. The fourth-order valence-corrected chi connectivity index (χ4v) is 4.44. The van der Waals surface area contributed by atoms with E-state index in [1.54, 1.807) is 14.0 Å². The summed E-state index contributed by atoms with van der Waals surface area (Å²) in [6, 6.07) is 6.76. The Balaban J connectivity index is 1.61. The number of benzene rings is 1. The van der Waals surface area contributed by atoms with Crippen LogP contribution in [0.15, 0.2) is 28.8 Å². The number of hydrogen-bond acceptors (Lipinski definition) is 6. The van der Waals surface area contributed by atoms with Gasteiger partial charge in [-0.3, -0.25) is 4.90 Å². The van der Waals surface area contributed by atoms with Crippen LogP contribution in [-0.2, 0) is 25.7 Å². The molecule has 0 bridgehead atoms. The van der Waals surface area contributed by atoms with Crippen molar-refractivity contribution < 1.29 is 27.5 Å². The van der Waals surface area contributed by atoms with Crippen LogP contribution in [0.5, 0.6) is 5.75 Å². The number of fused-ring (bicyclic) bond motifs is 1. The summed E-state index contributed by atoms with van der Waals surface area (Å²) in [5.74, 6) is 0.441. The molecule has 0 aliphatic carbocycles. The minimum absolute atomic E-state index is 0.0198. The molecule has 1 fully saturated rings. The van der Waals surface area contributed by atoms with Gasteiger partial charge in [-0.1, -0.05) is 18.1 Å². The van der Waals surface area contributed by atoms with Crippen molar-refractivity contribution in [1.29, 1.82) is 0 Å². The summed E-state index contributed by atoms with van der Waals surface area (Å²) in [5.41, 5.74) is 1.59. The van der Waals surface area contributed by atoms with Gasteiger partial charge in [0, 0.05) is 30.3 Å². The predicted octanol–water partition coefficient (Wildman–Crippen LogP) is 4.68. The van der Waals surface area contributed by atoms with Crippen molar-refractivity contribution in [2.24, 2.45) is 0 Å². The first-order valence-corrected chi connectivity index (χ1v) is 10.7. The van der Waals surface area contributed by atoms with Crippen LogP contribution in [0.25, 0.3) is 11.1 Å². The molecule has 3 heterocycles. The second-order valence-corrected chi connectivity index (χ2v) is 8.14. The van der Waals surface area contributed by atoms with E-state index in [0.717, 1.165) is 31.0 Å². The van der Waals surface area contributed by atoms with Gasteiger partial charge in [-0.15, -0.1) is 0 Å². The molecule has 32 heavy (non-hydrogen) atoms. The topological polar surface area (TPSA) is 71.6 Å². The lowest BCUT2D eigenvalue weighted by Crippen LogP contribution is -2.34. The van der Waals surface area contributed by atoms with Crippen molar-refractivity contribution in [3.63, 3.8) is 0 Å². The lowest BCUT2D eigenvalue weighted by Gasteiger charge is -2.32. The van der Waals surface area contributed by atoms with E-state index in [4.69, 9.17) is 9.26 Å². The number of ether oxygens (including phenoxy) is 1. The molecule has 1 N–H and O–H groups in total. The summed E-state index contributed by atoms with van der Waals surface area (Å²) in [4.78, 5) is 6.42. The number of aromatic nitrogens is 2. The lowest BCUT2D eigenvalue weighted by molar-refractivity contribution is -0.136. The second-order valence-electron chi connectivity index (χ2n) is 8.14. The Morgan fingerprint density at radius 2 is 2.09 bits per heavy atom. The van der Waals surface area contributed by atoms with Crippen LogP contribution in [0, 0.1) is 0 Å². The maximum Gasteiger partial charge on any atom is 0.417 e. The fourth-order valence-electron chi connectivity index (χ4n) is 4.44. The highest BCUT2D eigenvalue weighted by molar-refractivity contribution is 5.81. The van der Waals surface area contributed by atoms with Crippen molar-refractivity contribution in [3.05, 3.63) is 52.3 Å². The summed E-state index contributed by atoms with van der Waals surface area (Å²) < 4.78 is 52.0. The van der Waals surface area contributed by atoms with Crippen LogP contribution >= 0.6 is 0 Å². The van der Waals surface area contributed by atoms with E-state index in [1.165, 1.54) is 0 Å². The van der Waals surface area contributed by atoms with Gasteiger partial charge in [-0.05, 0) is 49.6 Å². The Kier molecular flexibility index (Phi) is 6.39. The number of piperidine rings is 1. The quantitative estimate of drug-likeness (QED) is 0.589. The molecule has 1 aromatic carbocycles. The molecule has 6 nitrogen and oxygen atoms in total. The third-order valence-electron chi connectivity index (χ3n) is 6.01. The average Bonchev–Trinajstić information content (AvgIpc) is 3.21. The number of halogens is 3. The van der Waals surface area contributed by atoms with E-state index < -0.39 is 11.7 Å². The number of likely N-dealkylation sites (tertiary alicyclic amines) is 1. The number of pyridine rings is 1. The molecule has 1 aliphatic rings. The molecule has 0 saturated carbocycles. The van der Waals surface area contributed by atoms with E-state index in [9.17, 15) is 18.3 Å². The molecule has 4 rings (SSSR count). The number of hydrogen-bond donors (Lipinski definition) is 1. The third kappa shape index (κ3) is 4.45. The molecule has 172 valence electrons. The normalized spacial score (nSPS) is 17.8. The van der Waals surface area contributed by atoms with Crippen LogP contribution < -0.4 is 4.74 Å². The zero-order valence-electron chi connectivity index (χ0n) is 18.1. The van der Waals surface area contributed by atoms with E-state index in [2.05, 4.69) is 15.0 Å². The summed E-state index contributed by atoms with van der Waals surface area (Å²) in [6.07, 6.45) is -2.56. The number of rotatable bonds is 6. The van der Waals surface area contributed by atoms with Crippen LogP contribution in [0.2, 0.25) is 0 Å². The highest BCUT2D eigenvalue weighted by atomic mass is 19.4. The zero-order valence-corrected chi connectivity index (χ0v) is 18.1. The van der Waals surface area contributed by atoms with Crippen molar-refractivity contribution in [1.82, 2.24) is 15.0 Å². The van der Waals surface area contributed by atoms with Gasteiger partial charge >= 0.3 is 6.18 Å².